The first kappa shape index (κ1) is 11.0. The molecule has 2 heteroatoms. The third kappa shape index (κ3) is 5.27. The third-order valence-corrected chi connectivity index (χ3v) is 2.44. The second-order valence-corrected chi connectivity index (χ2v) is 3.73. The van der Waals surface area contributed by atoms with Crippen molar-refractivity contribution in [1.82, 2.24) is 0 Å². The highest BCUT2D eigenvalue weighted by Gasteiger charge is 2.12. The van der Waals surface area contributed by atoms with Crippen LogP contribution in [-0.4, -0.2) is 19.5 Å². The molecule has 1 aliphatic heterocycles. The average Bonchev–Trinajstić information content (AvgIpc) is 2.19. The van der Waals surface area contributed by atoms with Crippen LogP contribution in [0.25, 0.3) is 0 Å². The standard InChI is InChI=1S/C11H22O2/c1-2-3-4-6-9-12-11-8-5-7-10-13-11/h11H,2-10H2,1H3. The Morgan fingerprint density at radius 1 is 1.23 bits per heavy atom. The summed E-state index contributed by atoms with van der Waals surface area (Å²) < 4.78 is 11.1. The highest BCUT2D eigenvalue weighted by Crippen LogP contribution is 2.14. The maximum Gasteiger partial charge on any atom is 0.157 e. The van der Waals surface area contributed by atoms with Crippen molar-refractivity contribution in [3.63, 3.8) is 0 Å². The molecule has 1 rings (SSSR count). The zero-order valence-electron chi connectivity index (χ0n) is 8.76. The van der Waals surface area contributed by atoms with Gasteiger partial charge in [-0.25, -0.2) is 0 Å². The predicted molar refractivity (Wildman–Crippen MR) is 53.7 cm³/mol. The smallest absolute Gasteiger partial charge is 0.157 e. The van der Waals surface area contributed by atoms with Gasteiger partial charge in [0.05, 0.1) is 0 Å². The summed E-state index contributed by atoms with van der Waals surface area (Å²) in [6.07, 6.45) is 8.77. The van der Waals surface area contributed by atoms with Gasteiger partial charge >= 0.3 is 0 Å². The molecule has 0 radical (unpaired) electrons. The van der Waals surface area contributed by atoms with Gasteiger partial charge in [0.2, 0.25) is 0 Å². The summed E-state index contributed by atoms with van der Waals surface area (Å²) in [6, 6.07) is 0. The molecule has 0 saturated carbocycles. The molecule has 0 aliphatic carbocycles. The highest BCUT2D eigenvalue weighted by atomic mass is 16.7. The summed E-state index contributed by atoms with van der Waals surface area (Å²) in [5.74, 6) is 0. The van der Waals surface area contributed by atoms with Crippen LogP contribution in [0.15, 0.2) is 0 Å². The second-order valence-electron chi connectivity index (χ2n) is 3.73. The Balaban J connectivity index is 1.86. The summed E-state index contributed by atoms with van der Waals surface area (Å²) in [5.41, 5.74) is 0. The van der Waals surface area contributed by atoms with E-state index >= 15 is 0 Å². The maximum absolute atomic E-state index is 5.61. The van der Waals surface area contributed by atoms with Crippen LogP contribution in [0.2, 0.25) is 0 Å². The Kier molecular flexibility index (Phi) is 6.21. The zero-order valence-corrected chi connectivity index (χ0v) is 8.76. The van der Waals surface area contributed by atoms with Crippen molar-refractivity contribution in [2.45, 2.75) is 58.2 Å². The van der Waals surface area contributed by atoms with Crippen LogP contribution in [-0.2, 0) is 9.47 Å². The van der Waals surface area contributed by atoms with E-state index in [0.717, 1.165) is 19.6 Å². The molecule has 0 aromatic heterocycles. The fraction of sp³-hybridized carbons (Fsp3) is 1.00. The summed E-state index contributed by atoms with van der Waals surface area (Å²) >= 11 is 0. The lowest BCUT2D eigenvalue weighted by molar-refractivity contribution is -0.162. The molecule has 1 heterocycles. The normalized spacial score (nSPS) is 23.3. The number of hydrogen-bond acceptors (Lipinski definition) is 2. The van der Waals surface area contributed by atoms with Crippen LogP contribution in [0.5, 0.6) is 0 Å². The molecule has 0 spiro atoms. The van der Waals surface area contributed by atoms with Crippen LogP contribution in [0.3, 0.4) is 0 Å². The van der Waals surface area contributed by atoms with Crippen LogP contribution in [0.4, 0.5) is 0 Å². The third-order valence-electron chi connectivity index (χ3n) is 2.44. The summed E-state index contributed by atoms with van der Waals surface area (Å²) in [5, 5.41) is 0. The maximum atomic E-state index is 5.61. The van der Waals surface area contributed by atoms with Crippen molar-refractivity contribution in [3.8, 4) is 0 Å². The number of rotatable bonds is 6. The molecule has 1 atom stereocenters. The van der Waals surface area contributed by atoms with E-state index in [-0.39, 0.29) is 6.29 Å². The Morgan fingerprint density at radius 2 is 2.15 bits per heavy atom. The number of hydrogen-bond donors (Lipinski definition) is 0. The van der Waals surface area contributed by atoms with Crippen molar-refractivity contribution in [1.29, 1.82) is 0 Å². The lowest BCUT2D eigenvalue weighted by Crippen LogP contribution is -2.22. The molecule has 1 unspecified atom stereocenters. The van der Waals surface area contributed by atoms with Crippen LogP contribution in [0.1, 0.15) is 51.9 Å². The van der Waals surface area contributed by atoms with Crippen molar-refractivity contribution >= 4 is 0 Å². The molecule has 0 bridgehead atoms. The van der Waals surface area contributed by atoms with Crippen molar-refractivity contribution in [2.24, 2.45) is 0 Å². The monoisotopic (exact) mass is 186 g/mol. The minimum Gasteiger partial charge on any atom is -0.353 e. The summed E-state index contributed by atoms with van der Waals surface area (Å²) in [7, 11) is 0. The van der Waals surface area contributed by atoms with E-state index in [4.69, 9.17) is 9.47 Å². The fourth-order valence-corrected chi connectivity index (χ4v) is 1.59. The molecule has 0 N–H and O–H groups in total. The molecule has 0 aromatic rings. The van der Waals surface area contributed by atoms with E-state index in [1.54, 1.807) is 0 Å². The van der Waals surface area contributed by atoms with Gasteiger partial charge in [-0.1, -0.05) is 26.2 Å². The summed E-state index contributed by atoms with van der Waals surface area (Å²) in [6.45, 7) is 4.00. The molecule has 0 aromatic carbocycles. The van der Waals surface area contributed by atoms with Crippen molar-refractivity contribution in [3.05, 3.63) is 0 Å². The van der Waals surface area contributed by atoms with Crippen molar-refractivity contribution in [2.75, 3.05) is 13.2 Å². The molecule has 1 saturated heterocycles. The topological polar surface area (TPSA) is 18.5 Å². The van der Waals surface area contributed by atoms with Crippen LogP contribution >= 0.6 is 0 Å². The highest BCUT2D eigenvalue weighted by molar-refractivity contribution is 4.53. The quantitative estimate of drug-likeness (QED) is 0.593. The van der Waals surface area contributed by atoms with Gasteiger partial charge in [-0.15, -0.1) is 0 Å². The van der Waals surface area contributed by atoms with Gasteiger partial charge in [0.25, 0.3) is 0 Å². The number of ether oxygens (including phenoxy) is 2. The molecule has 78 valence electrons. The van der Waals surface area contributed by atoms with E-state index in [9.17, 15) is 0 Å². The largest absolute Gasteiger partial charge is 0.353 e. The first-order chi connectivity index (χ1) is 6.43. The minimum absolute atomic E-state index is 0.107. The van der Waals surface area contributed by atoms with Gasteiger partial charge in [0.15, 0.2) is 6.29 Å². The average molecular weight is 186 g/mol. The first-order valence-corrected chi connectivity index (χ1v) is 5.66. The SMILES string of the molecule is CCCCCCOC1CCCCO1. The van der Waals surface area contributed by atoms with Crippen molar-refractivity contribution < 1.29 is 9.47 Å². The summed E-state index contributed by atoms with van der Waals surface area (Å²) in [4.78, 5) is 0. The second kappa shape index (κ2) is 7.34. The Hall–Kier alpha value is -0.0800. The predicted octanol–water partition coefficient (Wildman–Crippen LogP) is 3.11. The minimum atomic E-state index is 0.107. The lowest BCUT2D eigenvalue weighted by atomic mass is 10.2. The van der Waals surface area contributed by atoms with E-state index < -0.39 is 0 Å². The number of unbranched alkanes of at least 4 members (excludes halogenated alkanes) is 3. The molecule has 1 aliphatic rings. The Labute approximate surface area is 81.6 Å². The first-order valence-electron chi connectivity index (χ1n) is 5.66. The van der Waals surface area contributed by atoms with Gasteiger partial charge in [-0.05, 0) is 25.7 Å². The Bertz CT molecular complexity index is 109. The molecule has 13 heavy (non-hydrogen) atoms. The van der Waals surface area contributed by atoms with Gasteiger partial charge in [0, 0.05) is 13.2 Å². The van der Waals surface area contributed by atoms with Gasteiger partial charge in [-0.2, -0.15) is 0 Å². The van der Waals surface area contributed by atoms with Crippen LogP contribution in [0, 0.1) is 0 Å². The lowest BCUT2D eigenvalue weighted by Gasteiger charge is -2.22. The molecular weight excluding hydrogens is 164 g/mol. The van der Waals surface area contributed by atoms with E-state index in [1.807, 2.05) is 0 Å². The van der Waals surface area contributed by atoms with Crippen LogP contribution < -0.4 is 0 Å². The van der Waals surface area contributed by atoms with E-state index in [0.29, 0.717) is 0 Å². The van der Waals surface area contributed by atoms with E-state index in [2.05, 4.69) is 6.92 Å². The Morgan fingerprint density at radius 3 is 2.85 bits per heavy atom. The van der Waals surface area contributed by atoms with E-state index in [1.165, 1.54) is 38.5 Å². The molecule has 1 fully saturated rings. The van der Waals surface area contributed by atoms with Gasteiger partial charge < -0.3 is 9.47 Å². The molecular formula is C11H22O2. The van der Waals surface area contributed by atoms with Gasteiger partial charge in [0.1, 0.15) is 0 Å². The molecule has 0 amide bonds. The van der Waals surface area contributed by atoms with Gasteiger partial charge in [-0.3, -0.25) is 0 Å². The fourth-order valence-electron chi connectivity index (χ4n) is 1.59. The zero-order chi connectivity index (χ0) is 9.36. The molecule has 2 nitrogen and oxygen atoms in total.